The van der Waals surface area contributed by atoms with Crippen molar-refractivity contribution in [3.8, 4) is 0 Å². The van der Waals surface area contributed by atoms with E-state index in [2.05, 4.69) is 35.5 Å². The molecule has 1 nitrogen and oxygen atoms in total. The van der Waals surface area contributed by atoms with Gasteiger partial charge in [0.1, 0.15) is 0 Å². The predicted molar refractivity (Wildman–Crippen MR) is 69.1 cm³/mol. The zero-order valence-corrected chi connectivity index (χ0v) is 12.7. The molecular formula is C14H14BiN. The van der Waals surface area contributed by atoms with Gasteiger partial charge in [0, 0.05) is 0 Å². The SMILES string of the molecule is C1=N/C=c2/cccc[c]2=[Bi][C]2=C1CCCC2. The molecule has 0 fully saturated rings. The molecule has 0 radical (unpaired) electrons. The molecule has 1 aromatic rings. The van der Waals surface area contributed by atoms with E-state index in [4.69, 9.17) is 0 Å². The molecule has 1 heterocycles. The predicted octanol–water partition coefficient (Wildman–Crippen LogP) is 2.29. The molecule has 0 saturated heterocycles. The molecule has 1 aliphatic heterocycles. The van der Waals surface area contributed by atoms with Crippen molar-refractivity contribution >= 4 is 35.2 Å². The summed E-state index contributed by atoms with van der Waals surface area (Å²) in [5, 5.41) is 1.35. The molecule has 0 spiro atoms. The first-order valence-corrected chi connectivity index (χ1v) is 9.30. The minimum absolute atomic E-state index is 0.643. The molecule has 16 heavy (non-hydrogen) atoms. The van der Waals surface area contributed by atoms with E-state index < -0.39 is 22.8 Å². The summed E-state index contributed by atoms with van der Waals surface area (Å²) in [7, 11) is 0. The van der Waals surface area contributed by atoms with Crippen LogP contribution in [0.2, 0.25) is 0 Å². The van der Waals surface area contributed by atoms with Crippen molar-refractivity contribution in [2.24, 2.45) is 4.99 Å². The van der Waals surface area contributed by atoms with E-state index in [1.807, 2.05) is 6.20 Å². The third-order valence-corrected chi connectivity index (χ3v) is 8.67. The van der Waals surface area contributed by atoms with E-state index in [0.717, 1.165) is 0 Å². The molecule has 0 atom stereocenters. The maximum absolute atomic E-state index is 4.48. The van der Waals surface area contributed by atoms with E-state index in [0.29, 0.717) is 0 Å². The monoisotopic (exact) mass is 405 g/mol. The van der Waals surface area contributed by atoms with E-state index in [9.17, 15) is 0 Å². The summed E-state index contributed by atoms with van der Waals surface area (Å²) >= 11 is -0.643. The Morgan fingerprint density at radius 1 is 1.06 bits per heavy atom. The van der Waals surface area contributed by atoms with E-state index in [-0.39, 0.29) is 0 Å². The minimum atomic E-state index is -0.643. The zero-order valence-electron chi connectivity index (χ0n) is 9.19. The summed E-state index contributed by atoms with van der Waals surface area (Å²) in [5.41, 5.74) is 1.56. The Labute approximate surface area is 107 Å². The van der Waals surface area contributed by atoms with Gasteiger partial charge >= 0.3 is 107 Å². The van der Waals surface area contributed by atoms with Gasteiger partial charge in [0.25, 0.3) is 0 Å². The Hall–Kier alpha value is -0.617. The molecule has 2 heteroatoms. The van der Waals surface area contributed by atoms with Crippen molar-refractivity contribution in [2.45, 2.75) is 25.7 Å². The molecule has 2 aliphatic rings. The van der Waals surface area contributed by atoms with Crippen LogP contribution in [0, 0.1) is 2.85 Å². The van der Waals surface area contributed by atoms with Crippen LogP contribution in [0.1, 0.15) is 25.7 Å². The van der Waals surface area contributed by atoms with Crippen LogP contribution in [-0.2, 0) is 0 Å². The average molecular weight is 405 g/mol. The zero-order chi connectivity index (χ0) is 10.8. The quantitative estimate of drug-likeness (QED) is 0.588. The Balaban J connectivity index is 2.25. The Morgan fingerprint density at radius 3 is 2.94 bits per heavy atom. The number of aliphatic imine (C=N–C) groups is 1. The first-order chi connectivity index (χ1) is 7.93. The topological polar surface area (TPSA) is 12.4 Å². The molecule has 80 valence electrons. The number of benzene rings is 1. The fourth-order valence-corrected chi connectivity index (χ4v) is 7.27. The van der Waals surface area contributed by atoms with Gasteiger partial charge in [-0.3, -0.25) is 0 Å². The van der Waals surface area contributed by atoms with Crippen LogP contribution < -0.4 is 5.22 Å². The fourth-order valence-electron chi connectivity index (χ4n) is 2.23. The molecule has 0 bridgehead atoms. The standard InChI is InChI=1S/C14H14N.Bi/c1-3-7-13(8-4-1)11-15-12-14-9-5-2-6-10-14;/h1,3-4,7,11-12H,2,5-6,9H2;/b13-11-,15-12?;. The van der Waals surface area contributed by atoms with Crippen molar-refractivity contribution in [2.75, 3.05) is 0 Å². The van der Waals surface area contributed by atoms with Crippen LogP contribution in [0.3, 0.4) is 0 Å². The van der Waals surface area contributed by atoms with Crippen LogP contribution in [0.25, 0.3) is 6.20 Å². The van der Waals surface area contributed by atoms with Gasteiger partial charge in [-0.25, -0.2) is 0 Å². The van der Waals surface area contributed by atoms with Crippen molar-refractivity contribution in [3.63, 3.8) is 0 Å². The fraction of sp³-hybridized carbons (Fsp3) is 0.286. The average Bonchev–Trinajstić information content (AvgIpc) is 2.29. The normalized spacial score (nSPS) is 20.9. The van der Waals surface area contributed by atoms with E-state index >= 15 is 0 Å². The maximum atomic E-state index is 4.48. The third kappa shape index (κ3) is 2.08. The summed E-state index contributed by atoms with van der Waals surface area (Å²) in [6.07, 6.45) is 9.51. The van der Waals surface area contributed by atoms with Gasteiger partial charge in [0.2, 0.25) is 0 Å². The number of nitrogens with zero attached hydrogens (tertiary/aromatic N) is 1. The molecule has 0 unspecified atom stereocenters. The second kappa shape index (κ2) is 4.71. The second-order valence-corrected chi connectivity index (χ2v) is 9.10. The summed E-state index contributed by atoms with van der Waals surface area (Å²) in [6, 6.07) is 8.79. The Morgan fingerprint density at radius 2 is 1.94 bits per heavy atom. The molecule has 0 N–H and O–H groups in total. The van der Waals surface area contributed by atoms with Crippen molar-refractivity contribution in [3.05, 3.63) is 41.2 Å². The molecule has 0 amide bonds. The Kier molecular flexibility index (Phi) is 3.10. The second-order valence-electron chi connectivity index (χ2n) is 4.26. The van der Waals surface area contributed by atoms with Crippen LogP contribution in [-0.4, -0.2) is 29.0 Å². The molecule has 1 aromatic carbocycles. The van der Waals surface area contributed by atoms with Gasteiger partial charge in [-0.05, 0) is 0 Å². The van der Waals surface area contributed by atoms with Gasteiger partial charge in [0.05, 0.1) is 0 Å². The van der Waals surface area contributed by atoms with E-state index in [1.54, 1.807) is 11.7 Å². The van der Waals surface area contributed by atoms with E-state index in [1.165, 1.54) is 30.9 Å². The molecule has 0 saturated carbocycles. The number of allylic oxidation sites excluding steroid dienone is 2. The Bertz CT molecular complexity index is 581. The van der Waals surface area contributed by atoms with Crippen LogP contribution in [0.5, 0.6) is 0 Å². The summed E-state index contributed by atoms with van der Waals surface area (Å²) in [5.74, 6) is 0. The molecule has 3 rings (SSSR count). The van der Waals surface area contributed by atoms with Gasteiger partial charge in [-0.2, -0.15) is 0 Å². The number of fused-ring (bicyclic) bond motifs is 1. The third-order valence-electron chi connectivity index (χ3n) is 3.12. The van der Waals surface area contributed by atoms with Crippen LogP contribution in [0.4, 0.5) is 0 Å². The van der Waals surface area contributed by atoms with Gasteiger partial charge < -0.3 is 0 Å². The number of hydrogen-bond donors (Lipinski definition) is 0. The first kappa shape index (κ1) is 10.5. The van der Waals surface area contributed by atoms with Crippen LogP contribution in [0.15, 0.2) is 38.1 Å². The summed E-state index contributed by atoms with van der Waals surface area (Å²) < 4.78 is 3.39. The molecule has 1 aliphatic carbocycles. The van der Waals surface area contributed by atoms with Crippen molar-refractivity contribution in [1.82, 2.24) is 0 Å². The summed E-state index contributed by atoms with van der Waals surface area (Å²) in [4.78, 5) is 4.48. The van der Waals surface area contributed by atoms with Gasteiger partial charge in [-0.1, -0.05) is 0 Å². The molecule has 0 aromatic heterocycles. The molecular weight excluding hydrogens is 391 g/mol. The number of hydrogen-bond acceptors (Lipinski definition) is 1. The van der Waals surface area contributed by atoms with Gasteiger partial charge in [-0.15, -0.1) is 0 Å². The van der Waals surface area contributed by atoms with Crippen molar-refractivity contribution < 1.29 is 0 Å². The van der Waals surface area contributed by atoms with Gasteiger partial charge in [0.15, 0.2) is 0 Å². The van der Waals surface area contributed by atoms with Crippen LogP contribution >= 0.6 is 0 Å². The number of rotatable bonds is 0. The van der Waals surface area contributed by atoms with Crippen molar-refractivity contribution in [1.29, 1.82) is 0 Å². The first-order valence-electron chi connectivity index (χ1n) is 5.83. The summed E-state index contributed by atoms with van der Waals surface area (Å²) in [6.45, 7) is 0.